The SMILES string of the molecule is CCCCN(CCCC)C(=O)NC1(C(=O)O)CCOC1. The Morgan fingerprint density at radius 2 is 1.85 bits per heavy atom. The molecule has 2 amide bonds. The van der Waals surface area contributed by atoms with Crippen LogP contribution in [-0.4, -0.2) is 53.8 Å². The number of carbonyl (C=O) groups is 2. The number of aliphatic carboxylic acids is 1. The second-order valence-corrected chi connectivity index (χ2v) is 5.31. The molecule has 0 aromatic carbocycles. The van der Waals surface area contributed by atoms with Gasteiger partial charge in [0.25, 0.3) is 0 Å². The van der Waals surface area contributed by atoms with Gasteiger partial charge in [-0.1, -0.05) is 26.7 Å². The van der Waals surface area contributed by atoms with Crippen LogP contribution in [-0.2, 0) is 9.53 Å². The van der Waals surface area contributed by atoms with E-state index in [0.717, 1.165) is 25.7 Å². The molecule has 6 nitrogen and oxygen atoms in total. The molecule has 1 rings (SSSR count). The van der Waals surface area contributed by atoms with Crippen LogP contribution < -0.4 is 5.32 Å². The molecule has 0 aromatic heterocycles. The minimum absolute atomic E-state index is 0.0451. The summed E-state index contributed by atoms with van der Waals surface area (Å²) < 4.78 is 5.15. The predicted octanol–water partition coefficient (Wildman–Crippen LogP) is 1.84. The van der Waals surface area contributed by atoms with Gasteiger partial charge in [-0.25, -0.2) is 9.59 Å². The van der Waals surface area contributed by atoms with Crippen LogP contribution in [0.3, 0.4) is 0 Å². The van der Waals surface area contributed by atoms with E-state index in [1.807, 2.05) is 0 Å². The highest BCUT2D eigenvalue weighted by Gasteiger charge is 2.44. The summed E-state index contributed by atoms with van der Waals surface area (Å²) in [6, 6.07) is -0.292. The number of rotatable bonds is 8. The van der Waals surface area contributed by atoms with Crippen LogP contribution >= 0.6 is 0 Å². The first kappa shape index (κ1) is 16.8. The third-order valence-corrected chi connectivity index (χ3v) is 3.63. The van der Waals surface area contributed by atoms with E-state index in [0.29, 0.717) is 26.1 Å². The van der Waals surface area contributed by atoms with E-state index >= 15 is 0 Å². The molecular formula is C14H26N2O4. The molecule has 1 unspecified atom stereocenters. The average molecular weight is 286 g/mol. The van der Waals surface area contributed by atoms with Crippen LogP contribution in [0.4, 0.5) is 4.79 Å². The molecule has 1 atom stereocenters. The van der Waals surface area contributed by atoms with Crippen LogP contribution in [0.1, 0.15) is 46.0 Å². The molecule has 0 aliphatic carbocycles. The minimum Gasteiger partial charge on any atom is -0.479 e. The number of carbonyl (C=O) groups excluding carboxylic acids is 1. The highest BCUT2D eigenvalue weighted by Crippen LogP contribution is 2.19. The Bertz CT molecular complexity index is 319. The zero-order chi connectivity index (χ0) is 15.0. The molecule has 20 heavy (non-hydrogen) atoms. The third kappa shape index (κ3) is 4.37. The van der Waals surface area contributed by atoms with Crippen molar-refractivity contribution in [2.75, 3.05) is 26.3 Å². The summed E-state index contributed by atoms with van der Waals surface area (Å²) in [4.78, 5) is 25.4. The highest BCUT2D eigenvalue weighted by molar-refractivity contribution is 5.86. The van der Waals surface area contributed by atoms with E-state index in [1.54, 1.807) is 4.90 Å². The Morgan fingerprint density at radius 1 is 1.25 bits per heavy atom. The smallest absolute Gasteiger partial charge is 0.332 e. The first-order valence-corrected chi connectivity index (χ1v) is 7.44. The van der Waals surface area contributed by atoms with E-state index in [9.17, 15) is 14.7 Å². The van der Waals surface area contributed by atoms with Crippen molar-refractivity contribution in [1.82, 2.24) is 10.2 Å². The minimum atomic E-state index is -1.26. The topological polar surface area (TPSA) is 78.9 Å². The van der Waals surface area contributed by atoms with Crippen molar-refractivity contribution in [3.8, 4) is 0 Å². The van der Waals surface area contributed by atoms with Crippen molar-refractivity contribution in [3.05, 3.63) is 0 Å². The second-order valence-electron chi connectivity index (χ2n) is 5.31. The number of amides is 2. The van der Waals surface area contributed by atoms with Gasteiger partial charge >= 0.3 is 12.0 Å². The summed E-state index contributed by atoms with van der Waals surface area (Å²) in [7, 11) is 0. The van der Waals surface area contributed by atoms with Gasteiger partial charge in [0, 0.05) is 26.1 Å². The van der Waals surface area contributed by atoms with Crippen LogP contribution in [0.5, 0.6) is 0 Å². The lowest BCUT2D eigenvalue weighted by Gasteiger charge is -2.29. The quantitative estimate of drug-likeness (QED) is 0.713. The summed E-state index contributed by atoms with van der Waals surface area (Å²) in [6.07, 6.45) is 4.18. The number of unbranched alkanes of at least 4 members (excludes halogenated alkanes) is 2. The third-order valence-electron chi connectivity index (χ3n) is 3.63. The summed E-state index contributed by atoms with van der Waals surface area (Å²) in [5.74, 6) is -1.02. The molecule has 0 bridgehead atoms. The van der Waals surface area contributed by atoms with Gasteiger partial charge in [0.1, 0.15) is 0 Å². The molecule has 1 aliphatic heterocycles. The molecule has 0 saturated carbocycles. The summed E-state index contributed by atoms with van der Waals surface area (Å²) >= 11 is 0. The Kier molecular flexibility index (Phi) is 6.78. The van der Waals surface area contributed by atoms with Crippen LogP contribution in [0.25, 0.3) is 0 Å². The molecule has 0 spiro atoms. The zero-order valence-electron chi connectivity index (χ0n) is 12.5. The van der Waals surface area contributed by atoms with Crippen molar-refractivity contribution in [1.29, 1.82) is 0 Å². The van der Waals surface area contributed by atoms with Gasteiger partial charge in [0.15, 0.2) is 5.54 Å². The fraction of sp³-hybridized carbons (Fsp3) is 0.857. The van der Waals surface area contributed by atoms with Gasteiger partial charge < -0.3 is 20.1 Å². The molecule has 6 heteroatoms. The number of carboxylic acid groups (broad SMARTS) is 1. The first-order valence-electron chi connectivity index (χ1n) is 7.44. The number of ether oxygens (including phenoxy) is 1. The number of hydrogen-bond donors (Lipinski definition) is 2. The molecule has 1 aliphatic rings. The number of carboxylic acids is 1. The summed E-state index contributed by atoms with van der Waals surface area (Å²) in [5, 5.41) is 12.0. The van der Waals surface area contributed by atoms with Crippen molar-refractivity contribution in [2.24, 2.45) is 0 Å². The molecular weight excluding hydrogens is 260 g/mol. The van der Waals surface area contributed by atoms with Crippen LogP contribution in [0.15, 0.2) is 0 Å². The van der Waals surface area contributed by atoms with E-state index in [-0.39, 0.29) is 12.6 Å². The maximum absolute atomic E-state index is 12.3. The van der Waals surface area contributed by atoms with Crippen molar-refractivity contribution in [2.45, 2.75) is 51.5 Å². The highest BCUT2D eigenvalue weighted by atomic mass is 16.5. The first-order chi connectivity index (χ1) is 9.55. The number of urea groups is 1. The molecule has 116 valence electrons. The normalized spacial score (nSPS) is 21.7. The zero-order valence-corrected chi connectivity index (χ0v) is 12.5. The second kappa shape index (κ2) is 8.09. The largest absolute Gasteiger partial charge is 0.479 e. The molecule has 1 fully saturated rings. The van der Waals surface area contributed by atoms with Crippen molar-refractivity contribution >= 4 is 12.0 Å². The fourth-order valence-corrected chi connectivity index (χ4v) is 2.18. The fourth-order valence-electron chi connectivity index (χ4n) is 2.18. The van der Waals surface area contributed by atoms with Gasteiger partial charge in [-0.3, -0.25) is 0 Å². The van der Waals surface area contributed by atoms with E-state index in [4.69, 9.17) is 4.74 Å². The Balaban J connectivity index is 2.65. The van der Waals surface area contributed by atoms with Gasteiger partial charge in [-0.05, 0) is 12.8 Å². The lowest BCUT2D eigenvalue weighted by atomic mass is 9.99. The van der Waals surface area contributed by atoms with Crippen LogP contribution in [0.2, 0.25) is 0 Å². The average Bonchev–Trinajstić information content (AvgIpc) is 2.88. The maximum Gasteiger partial charge on any atom is 0.332 e. The molecule has 0 radical (unpaired) electrons. The summed E-state index contributed by atoms with van der Waals surface area (Å²) in [5.41, 5.74) is -1.26. The molecule has 2 N–H and O–H groups in total. The summed E-state index contributed by atoms with van der Waals surface area (Å²) in [6.45, 7) is 5.89. The van der Waals surface area contributed by atoms with Gasteiger partial charge in [-0.15, -0.1) is 0 Å². The van der Waals surface area contributed by atoms with Gasteiger partial charge in [0.05, 0.1) is 6.61 Å². The van der Waals surface area contributed by atoms with E-state index < -0.39 is 11.5 Å². The Morgan fingerprint density at radius 3 is 2.25 bits per heavy atom. The van der Waals surface area contributed by atoms with Crippen molar-refractivity contribution < 1.29 is 19.4 Å². The van der Waals surface area contributed by atoms with Gasteiger partial charge in [-0.2, -0.15) is 0 Å². The standard InChI is InChI=1S/C14H26N2O4/c1-3-5-8-16(9-6-4-2)13(19)15-14(12(17)18)7-10-20-11-14/h3-11H2,1-2H3,(H,15,19)(H,17,18). The van der Waals surface area contributed by atoms with Gasteiger partial charge in [0.2, 0.25) is 0 Å². The number of nitrogens with zero attached hydrogens (tertiary/aromatic N) is 1. The van der Waals surface area contributed by atoms with E-state index in [2.05, 4.69) is 19.2 Å². The Hall–Kier alpha value is -1.30. The van der Waals surface area contributed by atoms with E-state index in [1.165, 1.54) is 0 Å². The number of hydrogen-bond acceptors (Lipinski definition) is 3. The molecule has 1 heterocycles. The lowest BCUT2D eigenvalue weighted by Crippen LogP contribution is -2.58. The molecule has 0 aromatic rings. The Labute approximate surface area is 120 Å². The predicted molar refractivity (Wildman–Crippen MR) is 75.7 cm³/mol. The molecule has 1 saturated heterocycles. The van der Waals surface area contributed by atoms with Crippen molar-refractivity contribution in [3.63, 3.8) is 0 Å². The monoisotopic (exact) mass is 286 g/mol. The van der Waals surface area contributed by atoms with Crippen LogP contribution in [0, 0.1) is 0 Å². The maximum atomic E-state index is 12.3. The number of nitrogens with one attached hydrogen (secondary N) is 1. The lowest BCUT2D eigenvalue weighted by molar-refractivity contribution is -0.144.